The fourth-order valence-electron chi connectivity index (χ4n) is 1.62. The summed E-state index contributed by atoms with van der Waals surface area (Å²) in [5.74, 6) is 1.61. The molecule has 0 saturated carbocycles. The highest BCUT2D eigenvalue weighted by molar-refractivity contribution is 5.84. The molecule has 1 aromatic carbocycles. The largest absolute Gasteiger partial charge is 0.467 e. The first kappa shape index (κ1) is 14.8. The molecule has 0 bridgehead atoms. The molecule has 4 nitrogen and oxygen atoms in total. The molecule has 0 spiro atoms. The number of rotatable bonds is 6. The van der Waals surface area contributed by atoms with Crippen molar-refractivity contribution in [3.63, 3.8) is 0 Å². The standard InChI is InChI=1S/C15H17NO3/c1-3-7-13(15(18)19-2)16-14(17)11-10-12-8-5-4-6-9-12/h1,4-6,8-9,13H,7,10-11H2,2H3,(H,16,17)/t13-/m0/s1. The molecule has 0 aliphatic carbocycles. The minimum Gasteiger partial charge on any atom is -0.467 e. The summed E-state index contributed by atoms with van der Waals surface area (Å²) < 4.78 is 4.58. The normalized spacial score (nSPS) is 11.2. The zero-order chi connectivity index (χ0) is 14.1. The van der Waals surface area contributed by atoms with E-state index in [2.05, 4.69) is 16.0 Å². The number of hydrogen-bond acceptors (Lipinski definition) is 3. The van der Waals surface area contributed by atoms with Crippen molar-refractivity contribution in [2.45, 2.75) is 25.3 Å². The summed E-state index contributed by atoms with van der Waals surface area (Å²) in [4.78, 5) is 23.1. The summed E-state index contributed by atoms with van der Waals surface area (Å²) in [5, 5.41) is 2.58. The summed E-state index contributed by atoms with van der Waals surface area (Å²) in [7, 11) is 1.27. The van der Waals surface area contributed by atoms with Gasteiger partial charge in [-0.05, 0) is 12.0 Å². The highest BCUT2D eigenvalue weighted by Crippen LogP contribution is 2.03. The Morgan fingerprint density at radius 3 is 2.63 bits per heavy atom. The van der Waals surface area contributed by atoms with Crippen LogP contribution in [0.1, 0.15) is 18.4 Å². The fourth-order valence-corrected chi connectivity index (χ4v) is 1.62. The number of nitrogens with one attached hydrogen (secondary N) is 1. The summed E-state index contributed by atoms with van der Waals surface area (Å²) in [6.45, 7) is 0. The smallest absolute Gasteiger partial charge is 0.329 e. The molecule has 1 N–H and O–H groups in total. The fraction of sp³-hybridized carbons (Fsp3) is 0.333. The second-order valence-corrected chi connectivity index (χ2v) is 4.04. The van der Waals surface area contributed by atoms with Crippen molar-refractivity contribution in [3.8, 4) is 12.3 Å². The third kappa shape index (κ3) is 5.26. The van der Waals surface area contributed by atoms with Crippen LogP contribution in [-0.4, -0.2) is 25.0 Å². The van der Waals surface area contributed by atoms with Gasteiger partial charge in [-0.25, -0.2) is 4.79 Å². The van der Waals surface area contributed by atoms with Gasteiger partial charge in [0.2, 0.25) is 5.91 Å². The van der Waals surface area contributed by atoms with E-state index in [9.17, 15) is 9.59 Å². The first-order valence-electron chi connectivity index (χ1n) is 6.02. The van der Waals surface area contributed by atoms with Gasteiger partial charge in [-0.1, -0.05) is 30.3 Å². The van der Waals surface area contributed by atoms with Crippen LogP contribution in [0.25, 0.3) is 0 Å². The van der Waals surface area contributed by atoms with Gasteiger partial charge < -0.3 is 10.1 Å². The monoisotopic (exact) mass is 259 g/mol. The van der Waals surface area contributed by atoms with Crippen LogP contribution in [0.2, 0.25) is 0 Å². The summed E-state index contributed by atoms with van der Waals surface area (Å²) >= 11 is 0. The Balaban J connectivity index is 2.45. The molecule has 0 saturated heterocycles. The maximum atomic E-state index is 11.7. The molecule has 0 radical (unpaired) electrons. The molecule has 1 atom stereocenters. The van der Waals surface area contributed by atoms with Gasteiger partial charge in [0.25, 0.3) is 0 Å². The number of carbonyl (C=O) groups excluding carboxylic acids is 2. The van der Waals surface area contributed by atoms with E-state index in [0.717, 1.165) is 5.56 Å². The van der Waals surface area contributed by atoms with Crippen molar-refractivity contribution in [2.24, 2.45) is 0 Å². The zero-order valence-electron chi connectivity index (χ0n) is 10.9. The van der Waals surface area contributed by atoms with E-state index in [1.807, 2.05) is 30.3 Å². The lowest BCUT2D eigenvalue weighted by molar-refractivity contribution is -0.144. The maximum absolute atomic E-state index is 11.7. The minimum atomic E-state index is -0.765. The van der Waals surface area contributed by atoms with Gasteiger partial charge in [0, 0.05) is 12.8 Å². The first-order valence-corrected chi connectivity index (χ1v) is 6.02. The number of methoxy groups -OCH3 is 1. The summed E-state index contributed by atoms with van der Waals surface area (Å²) in [5.41, 5.74) is 1.07. The lowest BCUT2D eigenvalue weighted by Crippen LogP contribution is -2.41. The Morgan fingerprint density at radius 2 is 2.05 bits per heavy atom. The van der Waals surface area contributed by atoms with E-state index in [4.69, 9.17) is 6.42 Å². The molecule has 1 amide bonds. The molecule has 1 rings (SSSR count). The van der Waals surface area contributed by atoms with Gasteiger partial charge >= 0.3 is 5.97 Å². The van der Waals surface area contributed by atoms with Crippen molar-refractivity contribution in [1.29, 1.82) is 0 Å². The number of benzene rings is 1. The highest BCUT2D eigenvalue weighted by Gasteiger charge is 2.19. The lowest BCUT2D eigenvalue weighted by atomic mass is 10.1. The molecule has 4 heteroatoms. The molecule has 0 heterocycles. The molecule has 100 valence electrons. The first-order chi connectivity index (χ1) is 9.17. The molecular formula is C15H17NO3. The SMILES string of the molecule is C#CC[C@H](NC(=O)CCc1ccccc1)C(=O)OC. The van der Waals surface area contributed by atoms with Crippen LogP contribution in [0, 0.1) is 12.3 Å². The molecule has 0 aliphatic rings. The predicted molar refractivity (Wildman–Crippen MR) is 72.2 cm³/mol. The van der Waals surface area contributed by atoms with Crippen LogP contribution >= 0.6 is 0 Å². The van der Waals surface area contributed by atoms with E-state index < -0.39 is 12.0 Å². The average molecular weight is 259 g/mol. The molecule has 1 aromatic rings. The molecular weight excluding hydrogens is 242 g/mol. The number of amides is 1. The van der Waals surface area contributed by atoms with Crippen molar-refractivity contribution < 1.29 is 14.3 Å². The van der Waals surface area contributed by atoms with Crippen LogP contribution in [0.15, 0.2) is 30.3 Å². The van der Waals surface area contributed by atoms with Gasteiger partial charge in [0.1, 0.15) is 6.04 Å². The van der Waals surface area contributed by atoms with Gasteiger partial charge in [0.15, 0.2) is 0 Å². The van der Waals surface area contributed by atoms with Crippen molar-refractivity contribution in [1.82, 2.24) is 5.32 Å². The molecule has 19 heavy (non-hydrogen) atoms. The highest BCUT2D eigenvalue weighted by atomic mass is 16.5. The Morgan fingerprint density at radius 1 is 1.37 bits per heavy atom. The number of hydrogen-bond donors (Lipinski definition) is 1. The number of carbonyl (C=O) groups is 2. The lowest BCUT2D eigenvalue weighted by Gasteiger charge is -2.13. The summed E-state index contributed by atoms with van der Waals surface area (Å²) in [6.07, 6.45) is 6.21. The van der Waals surface area contributed by atoms with Crippen LogP contribution in [0.3, 0.4) is 0 Å². The minimum absolute atomic E-state index is 0.129. The van der Waals surface area contributed by atoms with Gasteiger partial charge in [-0.2, -0.15) is 0 Å². The Bertz CT molecular complexity index is 462. The number of terminal acetylenes is 1. The zero-order valence-corrected chi connectivity index (χ0v) is 10.9. The summed E-state index contributed by atoms with van der Waals surface area (Å²) in [6, 6.07) is 8.90. The van der Waals surface area contributed by atoms with E-state index in [1.165, 1.54) is 7.11 Å². The molecule has 0 unspecified atom stereocenters. The molecule has 0 aromatic heterocycles. The van der Waals surface area contributed by atoms with E-state index in [1.54, 1.807) is 0 Å². The molecule has 0 aliphatic heterocycles. The number of esters is 1. The second-order valence-electron chi connectivity index (χ2n) is 4.04. The quantitative estimate of drug-likeness (QED) is 0.619. The van der Waals surface area contributed by atoms with E-state index in [-0.39, 0.29) is 12.3 Å². The second kappa shape index (κ2) is 7.93. The predicted octanol–water partition coefficient (Wildman–Crippen LogP) is 1.30. The van der Waals surface area contributed by atoms with E-state index in [0.29, 0.717) is 12.8 Å². The van der Waals surface area contributed by atoms with Crippen LogP contribution in [0.5, 0.6) is 0 Å². The number of ether oxygens (including phenoxy) is 1. The Labute approximate surface area is 113 Å². The van der Waals surface area contributed by atoms with Crippen molar-refractivity contribution >= 4 is 11.9 Å². The van der Waals surface area contributed by atoms with Gasteiger partial charge in [0.05, 0.1) is 7.11 Å². The average Bonchev–Trinajstić information content (AvgIpc) is 2.45. The van der Waals surface area contributed by atoms with Crippen molar-refractivity contribution in [2.75, 3.05) is 7.11 Å². The van der Waals surface area contributed by atoms with Crippen LogP contribution in [-0.2, 0) is 20.7 Å². The number of aryl methyl sites for hydroxylation is 1. The topological polar surface area (TPSA) is 55.4 Å². The van der Waals surface area contributed by atoms with E-state index >= 15 is 0 Å². The third-order valence-electron chi connectivity index (χ3n) is 2.63. The van der Waals surface area contributed by atoms with Crippen molar-refractivity contribution in [3.05, 3.63) is 35.9 Å². The van der Waals surface area contributed by atoms with Gasteiger partial charge in [-0.15, -0.1) is 12.3 Å². The molecule has 0 fully saturated rings. The Hall–Kier alpha value is -2.28. The van der Waals surface area contributed by atoms with Gasteiger partial charge in [-0.3, -0.25) is 4.79 Å². The van der Waals surface area contributed by atoms with Crippen LogP contribution in [0.4, 0.5) is 0 Å². The maximum Gasteiger partial charge on any atom is 0.329 e. The third-order valence-corrected chi connectivity index (χ3v) is 2.63. The van der Waals surface area contributed by atoms with Crippen LogP contribution < -0.4 is 5.32 Å². The Kier molecular flexibility index (Phi) is 6.17.